The Kier molecular flexibility index (Phi) is 5.65. The Balaban J connectivity index is 2.17. The van der Waals surface area contributed by atoms with Crippen molar-refractivity contribution in [3.05, 3.63) is 64.0 Å². The van der Waals surface area contributed by atoms with E-state index in [0.717, 1.165) is 30.5 Å². The van der Waals surface area contributed by atoms with Crippen molar-refractivity contribution < 1.29 is 22.5 Å². The van der Waals surface area contributed by atoms with E-state index in [1.165, 1.54) is 18.2 Å². The molecule has 10 heteroatoms. The summed E-state index contributed by atoms with van der Waals surface area (Å²) in [5.41, 5.74) is 0.0455. The lowest BCUT2D eigenvalue weighted by molar-refractivity contribution is -0.385. The standard InChI is InChI=1S/C15H14FN3O5S/c1-2-24-15-8-3-11(9-14(15)19(20)21)10-17-18-25(22,23)13-6-4-12(16)5-7-13/h3-10,18H,2H2,1H3/b17-10+. The third-order valence-corrected chi connectivity index (χ3v) is 4.23. The number of hydrazone groups is 1. The number of nitrogens with zero attached hydrogens (tertiary/aromatic N) is 2. The molecule has 8 nitrogen and oxygen atoms in total. The first kappa shape index (κ1) is 18.3. The van der Waals surface area contributed by atoms with E-state index >= 15 is 0 Å². The van der Waals surface area contributed by atoms with Crippen LogP contribution in [0, 0.1) is 15.9 Å². The zero-order valence-electron chi connectivity index (χ0n) is 13.0. The van der Waals surface area contributed by atoms with Crippen LogP contribution in [0.2, 0.25) is 0 Å². The fraction of sp³-hybridized carbons (Fsp3) is 0.133. The number of nitro benzene ring substituents is 1. The van der Waals surface area contributed by atoms with E-state index in [-0.39, 0.29) is 22.9 Å². The van der Waals surface area contributed by atoms with Gasteiger partial charge in [0.15, 0.2) is 5.75 Å². The Morgan fingerprint density at radius 3 is 2.56 bits per heavy atom. The number of hydrogen-bond donors (Lipinski definition) is 1. The summed E-state index contributed by atoms with van der Waals surface area (Å²) in [6.07, 6.45) is 1.11. The number of ether oxygens (including phenoxy) is 1. The molecule has 0 fully saturated rings. The Bertz CT molecular complexity index is 898. The first-order valence-corrected chi connectivity index (χ1v) is 8.53. The Morgan fingerprint density at radius 2 is 1.96 bits per heavy atom. The molecule has 0 heterocycles. The molecule has 2 rings (SSSR count). The van der Waals surface area contributed by atoms with Gasteiger partial charge in [0.25, 0.3) is 10.0 Å². The van der Waals surface area contributed by atoms with Crippen LogP contribution >= 0.6 is 0 Å². The number of rotatable bonds is 7. The van der Waals surface area contributed by atoms with Crippen molar-refractivity contribution in [2.45, 2.75) is 11.8 Å². The highest BCUT2D eigenvalue weighted by Crippen LogP contribution is 2.27. The number of benzene rings is 2. The van der Waals surface area contributed by atoms with Crippen molar-refractivity contribution in [3.8, 4) is 5.75 Å². The Morgan fingerprint density at radius 1 is 1.28 bits per heavy atom. The molecule has 0 aromatic heterocycles. The zero-order valence-corrected chi connectivity index (χ0v) is 13.9. The number of hydrogen-bond acceptors (Lipinski definition) is 6. The Labute approximate surface area is 143 Å². The maximum Gasteiger partial charge on any atom is 0.311 e. The van der Waals surface area contributed by atoms with Crippen LogP contribution in [0.4, 0.5) is 10.1 Å². The molecule has 132 valence electrons. The smallest absolute Gasteiger partial charge is 0.311 e. The molecular weight excluding hydrogens is 353 g/mol. The van der Waals surface area contributed by atoms with Crippen molar-refractivity contribution in [1.29, 1.82) is 0 Å². The SMILES string of the molecule is CCOc1ccc(/C=N/NS(=O)(=O)c2ccc(F)cc2)cc1[N+](=O)[O-]. The third kappa shape index (κ3) is 4.73. The normalized spacial score (nSPS) is 11.4. The van der Waals surface area contributed by atoms with Crippen LogP contribution in [-0.2, 0) is 10.0 Å². The lowest BCUT2D eigenvalue weighted by Gasteiger charge is -2.05. The lowest BCUT2D eigenvalue weighted by atomic mass is 10.2. The first-order valence-electron chi connectivity index (χ1n) is 7.05. The van der Waals surface area contributed by atoms with Crippen molar-refractivity contribution in [3.63, 3.8) is 0 Å². The molecule has 0 aliphatic carbocycles. The van der Waals surface area contributed by atoms with Crippen molar-refractivity contribution in [2.75, 3.05) is 6.61 Å². The first-order chi connectivity index (χ1) is 11.8. The van der Waals surface area contributed by atoms with Gasteiger partial charge in [-0.05, 0) is 43.3 Å². The number of sulfonamides is 1. The largest absolute Gasteiger partial charge is 0.487 e. The maximum atomic E-state index is 12.8. The molecule has 2 aromatic rings. The van der Waals surface area contributed by atoms with Gasteiger partial charge in [-0.15, -0.1) is 0 Å². The molecule has 0 amide bonds. The second-order valence-electron chi connectivity index (χ2n) is 4.72. The predicted molar refractivity (Wildman–Crippen MR) is 88.6 cm³/mol. The van der Waals surface area contributed by atoms with Crippen LogP contribution in [0.25, 0.3) is 0 Å². The van der Waals surface area contributed by atoms with Gasteiger partial charge in [0, 0.05) is 11.6 Å². The molecule has 0 aliphatic heterocycles. The average molecular weight is 367 g/mol. The minimum Gasteiger partial charge on any atom is -0.487 e. The van der Waals surface area contributed by atoms with Crippen LogP contribution in [-0.4, -0.2) is 26.2 Å². The van der Waals surface area contributed by atoms with Crippen LogP contribution < -0.4 is 9.57 Å². The van der Waals surface area contributed by atoms with Crippen LogP contribution in [0.3, 0.4) is 0 Å². The lowest BCUT2D eigenvalue weighted by Crippen LogP contribution is -2.18. The highest BCUT2D eigenvalue weighted by molar-refractivity contribution is 7.89. The van der Waals surface area contributed by atoms with E-state index in [4.69, 9.17) is 4.74 Å². The summed E-state index contributed by atoms with van der Waals surface area (Å²) in [5, 5.41) is 14.6. The molecule has 0 atom stereocenters. The summed E-state index contributed by atoms with van der Waals surface area (Å²) < 4.78 is 41.9. The van der Waals surface area contributed by atoms with Gasteiger partial charge in [-0.2, -0.15) is 13.5 Å². The fourth-order valence-electron chi connectivity index (χ4n) is 1.87. The molecule has 0 spiro atoms. The Hall–Kier alpha value is -3.01. The second-order valence-corrected chi connectivity index (χ2v) is 6.38. The van der Waals surface area contributed by atoms with Gasteiger partial charge in [-0.3, -0.25) is 10.1 Å². The summed E-state index contributed by atoms with van der Waals surface area (Å²) in [6.45, 7) is 1.97. The number of nitro groups is 1. The van der Waals surface area contributed by atoms with Crippen molar-refractivity contribution in [1.82, 2.24) is 4.83 Å². The van der Waals surface area contributed by atoms with E-state index in [1.807, 2.05) is 4.83 Å². The molecule has 0 bridgehead atoms. The predicted octanol–water partition coefficient (Wildman–Crippen LogP) is 2.45. The van der Waals surface area contributed by atoms with E-state index in [1.54, 1.807) is 6.92 Å². The van der Waals surface area contributed by atoms with E-state index in [9.17, 15) is 22.9 Å². The summed E-state index contributed by atoms with van der Waals surface area (Å²) >= 11 is 0. The summed E-state index contributed by atoms with van der Waals surface area (Å²) in [4.78, 5) is 12.2. The van der Waals surface area contributed by atoms with E-state index in [0.29, 0.717) is 5.56 Å². The van der Waals surface area contributed by atoms with Gasteiger partial charge >= 0.3 is 5.69 Å². The minimum atomic E-state index is -3.96. The van der Waals surface area contributed by atoms with Gasteiger partial charge in [-0.25, -0.2) is 9.22 Å². The maximum absolute atomic E-state index is 12.8. The average Bonchev–Trinajstić information content (AvgIpc) is 2.56. The number of nitrogens with one attached hydrogen (secondary N) is 1. The molecule has 1 N–H and O–H groups in total. The topological polar surface area (TPSA) is 111 Å². The monoisotopic (exact) mass is 367 g/mol. The fourth-order valence-corrected chi connectivity index (χ4v) is 2.66. The van der Waals surface area contributed by atoms with Crippen molar-refractivity contribution >= 4 is 21.9 Å². The van der Waals surface area contributed by atoms with Crippen LogP contribution in [0.15, 0.2) is 52.5 Å². The molecule has 0 saturated carbocycles. The van der Waals surface area contributed by atoms with Crippen molar-refractivity contribution in [2.24, 2.45) is 5.10 Å². The molecule has 0 saturated heterocycles. The van der Waals surface area contributed by atoms with Crippen LogP contribution in [0.1, 0.15) is 12.5 Å². The van der Waals surface area contributed by atoms with E-state index < -0.39 is 20.8 Å². The van der Waals surface area contributed by atoms with Gasteiger partial charge in [-0.1, -0.05) is 0 Å². The quantitative estimate of drug-likeness (QED) is 0.459. The zero-order chi connectivity index (χ0) is 18.4. The van der Waals surface area contributed by atoms with Gasteiger partial charge in [0.2, 0.25) is 0 Å². The molecule has 0 aliphatic rings. The van der Waals surface area contributed by atoms with Crippen LogP contribution in [0.5, 0.6) is 5.75 Å². The molecular formula is C15H14FN3O5S. The minimum absolute atomic E-state index is 0.108. The van der Waals surface area contributed by atoms with E-state index in [2.05, 4.69) is 5.10 Å². The summed E-state index contributed by atoms with van der Waals surface area (Å²) in [6, 6.07) is 8.30. The van der Waals surface area contributed by atoms with Gasteiger partial charge in [0.05, 0.1) is 22.6 Å². The second kappa shape index (κ2) is 7.71. The highest BCUT2D eigenvalue weighted by atomic mass is 32.2. The number of halogens is 1. The molecule has 0 radical (unpaired) electrons. The molecule has 2 aromatic carbocycles. The third-order valence-electron chi connectivity index (χ3n) is 2.99. The molecule has 0 unspecified atom stereocenters. The molecule has 25 heavy (non-hydrogen) atoms. The van der Waals surface area contributed by atoms with Gasteiger partial charge in [0.1, 0.15) is 5.82 Å². The summed E-state index contributed by atoms with van der Waals surface area (Å²) in [7, 11) is -3.96. The highest BCUT2D eigenvalue weighted by Gasteiger charge is 2.16. The van der Waals surface area contributed by atoms with Gasteiger partial charge < -0.3 is 4.74 Å². The summed E-state index contributed by atoms with van der Waals surface area (Å²) in [5.74, 6) is -0.458.